The van der Waals surface area contributed by atoms with Crippen LogP contribution >= 0.6 is 0 Å². The molecule has 0 aliphatic rings. The summed E-state index contributed by atoms with van der Waals surface area (Å²) in [5.74, 6) is 0.0769. The van der Waals surface area contributed by atoms with Gasteiger partial charge < -0.3 is 15.3 Å². The van der Waals surface area contributed by atoms with E-state index in [0.717, 1.165) is 16.9 Å². The molecular formula is C19H24N2O2. The summed E-state index contributed by atoms with van der Waals surface area (Å²) in [5, 5.41) is 12.3. The average molecular weight is 312 g/mol. The van der Waals surface area contributed by atoms with Crippen LogP contribution in [-0.2, 0) is 11.2 Å². The summed E-state index contributed by atoms with van der Waals surface area (Å²) in [5.41, 5.74) is 2.98. The molecule has 2 aromatic carbocycles. The first-order valence-corrected chi connectivity index (χ1v) is 7.88. The van der Waals surface area contributed by atoms with Crippen molar-refractivity contribution in [2.45, 2.75) is 25.8 Å². The minimum Gasteiger partial charge on any atom is -0.396 e. The number of nitrogens with one attached hydrogen (secondary N) is 1. The van der Waals surface area contributed by atoms with Gasteiger partial charge in [0.05, 0.1) is 0 Å². The monoisotopic (exact) mass is 312 g/mol. The van der Waals surface area contributed by atoms with E-state index in [1.165, 1.54) is 0 Å². The van der Waals surface area contributed by atoms with Crippen LogP contribution in [0.4, 0.5) is 11.4 Å². The van der Waals surface area contributed by atoms with Gasteiger partial charge in [0.15, 0.2) is 0 Å². The molecule has 0 spiro atoms. The van der Waals surface area contributed by atoms with E-state index in [1.54, 1.807) is 11.9 Å². The molecule has 2 aromatic rings. The van der Waals surface area contributed by atoms with Gasteiger partial charge in [-0.3, -0.25) is 4.79 Å². The van der Waals surface area contributed by atoms with Gasteiger partial charge in [0.1, 0.15) is 0 Å². The van der Waals surface area contributed by atoms with Crippen LogP contribution in [0.1, 0.15) is 18.9 Å². The van der Waals surface area contributed by atoms with Gasteiger partial charge in [-0.05, 0) is 43.2 Å². The second-order valence-electron chi connectivity index (χ2n) is 5.71. The molecule has 1 amide bonds. The summed E-state index contributed by atoms with van der Waals surface area (Å²) in [6.07, 6.45) is 1.08. The Balaban J connectivity index is 1.88. The van der Waals surface area contributed by atoms with Gasteiger partial charge in [-0.15, -0.1) is 0 Å². The van der Waals surface area contributed by atoms with Crippen LogP contribution < -0.4 is 10.2 Å². The number of benzene rings is 2. The van der Waals surface area contributed by atoms with E-state index in [1.807, 2.05) is 61.5 Å². The first-order chi connectivity index (χ1) is 11.1. The molecule has 2 N–H and O–H groups in total. The molecule has 0 heterocycles. The number of hydrogen-bond acceptors (Lipinski definition) is 3. The molecule has 0 saturated carbocycles. The van der Waals surface area contributed by atoms with Crippen molar-refractivity contribution >= 4 is 17.3 Å². The lowest BCUT2D eigenvalue weighted by Gasteiger charge is -2.21. The molecule has 0 saturated heterocycles. The van der Waals surface area contributed by atoms with Crippen molar-refractivity contribution in [3.63, 3.8) is 0 Å². The Morgan fingerprint density at radius 1 is 1.13 bits per heavy atom. The number of hydrogen-bond donors (Lipinski definition) is 2. The predicted octanol–water partition coefficient (Wildman–Crippen LogP) is 3.07. The molecule has 1 unspecified atom stereocenters. The third-order valence-corrected chi connectivity index (χ3v) is 3.77. The largest absolute Gasteiger partial charge is 0.396 e. The van der Waals surface area contributed by atoms with Crippen LogP contribution in [0.3, 0.4) is 0 Å². The highest BCUT2D eigenvalue weighted by molar-refractivity contribution is 5.93. The predicted molar refractivity (Wildman–Crippen MR) is 94.8 cm³/mol. The first-order valence-electron chi connectivity index (χ1n) is 7.88. The highest BCUT2D eigenvalue weighted by Gasteiger charge is 2.14. The standard InChI is InChI=1S/C19H24N2O2/c1-15(20-17-10-8-16(9-11-17)12-13-22)14-19(23)21(2)18-6-4-3-5-7-18/h3-11,15,20,22H,12-14H2,1-2H3. The first kappa shape index (κ1) is 17.0. The minimum atomic E-state index is 0.0392. The molecule has 0 aliphatic carbocycles. The van der Waals surface area contributed by atoms with Crippen LogP contribution in [0, 0.1) is 0 Å². The van der Waals surface area contributed by atoms with Crippen molar-refractivity contribution < 1.29 is 9.90 Å². The number of carbonyl (C=O) groups is 1. The van der Waals surface area contributed by atoms with E-state index in [2.05, 4.69) is 5.32 Å². The number of nitrogens with zero attached hydrogens (tertiary/aromatic N) is 1. The van der Waals surface area contributed by atoms with Crippen molar-refractivity contribution in [3.8, 4) is 0 Å². The number of amides is 1. The van der Waals surface area contributed by atoms with Gasteiger partial charge in [0.25, 0.3) is 0 Å². The molecule has 0 fully saturated rings. The average Bonchev–Trinajstić information content (AvgIpc) is 2.57. The number of para-hydroxylation sites is 1. The van der Waals surface area contributed by atoms with Crippen molar-refractivity contribution in [3.05, 3.63) is 60.2 Å². The second kappa shape index (κ2) is 8.34. The molecule has 0 aromatic heterocycles. The molecule has 0 radical (unpaired) electrons. The number of aliphatic hydroxyl groups excluding tert-OH is 1. The van der Waals surface area contributed by atoms with Gasteiger partial charge in [0, 0.05) is 37.5 Å². The lowest BCUT2D eigenvalue weighted by molar-refractivity contribution is -0.118. The van der Waals surface area contributed by atoms with Gasteiger partial charge in [0.2, 0.25) is 5.91 Å². The zero-order valence-corrected chi connectivity index (χ0v) is 13.7. The molecule has 122 valence electrons. The van der Waals surface area contributed by atoms with Gasteiger partial charge >= 0.3 is 0 Å². The summed E-state index contributed by atoms with van der Waals surface area (Å²) >= 11 is 0. The van der Waals surface area contributed by atoms with Crippen LogP contribution in [-0.4, -0.2) is 30.7 Å². The maximum Gasteiger partial charge on any atom is 0.228 e. The zero-order valence-electron chi connectivity index (χ0n) is 13.7. The molecule has 4 nitrogen and oxygen atoms in total. The van der Waals surface area contributed by atoms with Crippen LogP contribution in [0.2, 0.25) is 0 Å². The second-order valence-corrected chi connectivity index (χ2v) is 5.71. The van der Waals surface area contributed by atoms with Crippen molar-refractivity contribution in [2.24, 2.45) is 0 Å². The molecular weight excluding hydrogens is 288 g/mol. The highest BCUT2D eigenvalue weighted by Crippen LogP contribution is 2.15. The lowest BCUT2D eigenvalue weighted by atomic mass is 10.1. The molecule has 0 bridgehead atoms. The Bertz CT molecular complexity index is 611. The summed E-state index contributed by atoms with van der Waals surface area (Å²) in [6.45, 7) is 2.15. The maximum atomic E-state index is 12.3. The fourth-order valence-corrected chi connectivity index (χ4v) is 2.43. The molecule has 1 atom stereocenters. The number of carbonyl (C=O) groups excluding carboxylic acids is 1. The quantitative estimate of drug-likeness (QED) is 0.826. The van der Waals surface area contributed by atoms with E-state index in [0.29, 0.717) is 12.8 Å². The van der Waals surface area contributed by atoms with Gasteiger partial charge in [-0.25, -0.2) is 0 Å². The summed E-state index contributed by atoms with van der Waals surface area (Å²) in [7, 11) is 1.80. The highest BCUT2D eigenvalue weighted by atomic mass is 16.3. The molecule has 4 heteroatoms. The third-order valence-electron chi connectivity index (χ3n) is 3.77. The normalized spacial score (nSPS) is 11.8. The van der Waals surface area contributed by atoms with Crippen LogP contribution in [0.25, 0.3) is 0 Å². The smallest absolute Gasteiger partial charge is 0.228 e. The van der Waals surface area contributed by atoms with E-state index >= 15 is 0 Å². The SMILES string of the molecule is CC(CC(=O)N(C)c1ccccc1)Nc1ccc(CCO)cc1. The van der Waals surface area contributed by atoms with Crippen LogP contribution in [0.15, 0.2) is 54.6 Å². The fourth-order valence-electron chi connectivity index (χ4n) is 2.43. The summed E-state index contributed by atoms with van der Waals surface area (Å²) in [6, 6.07) is 17.6. The molecule has 0 aliphatic heterocycles. The minimum absolute atomic E-state index is 0.0392. The molecule has 23 heavy (non-hydrogen) atoms. The van der Waals surface area contributed by atoms with E-state index in [4.69, 9.17) is 5.11 Å². The van der Waals surface area contributed by atoms with Crippen molar-refractivity contribution in [1.82, 2.24) is 0 Å². The van der Waals surface area contributed by atoms with E-state index < -0.39 is 0 Å². The summed E-state index contributed by atoms with van der Waals surface area (Å²) in [4.78, 5) is 14.0. The Morgan fingerprint density at radius 3 is 2.39 bits per heavy atom. The van der Waals surface area contributed by atoms with Gasteiger partial charge in [-0.1, -0.05) is 30.3 Å². The van der Waals surface area contributed by atoms with Gasteiger partial charge in [-0.2, -0.15) is 0 Å². The van der Waals surface area contributed by atoms with Crippen molar-refractivity contribution in [1.29, 1.82) is 0 Å². The fraction of sp³-hybridized carbons (Fsp3) is 0.316. The Morgan fingerprint density at radius 2 is 1.78 bits per heavy atom. The lowest BCUT2D eigenvalue weighted by Crippen LogP contribution is -2.31. The van der Waals surface area contributed by atoms with Crippen LogP contribution in [0.5, 0.6) is 0 Å². The number of aliphatic hydroxyl groups is 1. The van der Waals surface area contributed by atoms with Crippen molar-refractivity contribution in [2.75, 3.05) is 23.9 Å². The van der Waals surface area contributed by atoms with E-state index in [-0.39, 0.29) is 18.6 Å². The molecule has 2 rings (SSSR count). The van der Waals surface area contributed by atoms with E-state index in [9.17, 15) is 4.79 Å². The zero-order chi connectivity index (χ0) is 16.7. The summed E-state index contributed by atoms with van der Waals surface area (Å²) < 4.78 is 0. The Labute approximate surface area is 137 Å². The number of anilines is 2. The Kier molecular flexibility index (Phi) is 6.18. The third kappa shape index (κ3) is 5.11. The Hall–Kier alpha value is -2.33. The maximum absolute atomic E-state index is 12.3. The topological polar surface area (TPSA) is 52.6 Å². The number of rotatable bonds is 7.